The number of rotatable bonds is 7. The van der Waals surface area contributed by atoms with E-state index in [1.165, 1.54) is 19.3 Å². The molecule has 2 aromatic rings. The maximum absolute atomic E-state index is 11.9. The van der Waals surface area contributed by atoms with Gasteiger partial charge in [-0.1, -0.05) is 42.5 Å². The van der Waals surface area contributed by atoms with E-state index in [1.807, 2.05) is 30.3 Å². The summed E-state index contributed by atoms with van der Waals surface area (Å²) in [5, 5.41) is 9.51. The molecule has 0 aromatic heterocycles. The number of hydrogen-bond donors (Lipinski definition) is 1. The van der Waals surface area contributed by atoms with Crippen LogP contribution in [0, 0.1) is 0 Å². The van der Waals surface area contributed by atoms with Crippen LogP contribution < -0.4 is 4.74 Å². The van der Waals surface area contributed by atoms with E-state index in [2.05, 4.69) is 0 Å². The molecule has 0 aliphatic carbocycles. The van der Waals surface area contributed by atoms with Gasteiger partial charge in [-0.25, -0.2) is 0 Å². The number of methoxy groups -OCH3 is 1. The highest BCUT2D eigenvalue weighted by atomic mass is 16.5. The molecule has 23 heavy (non-hydrogen) atoms. The van der Waals surface area contributed by atoms with Crippen LogP contribution in [0.5, 0.6) is 11.5 Å². The quantitative estimate of drug-likeness (QED) is 0.630. The first-order valence-electron chi connectivity index (χ1n) is 7.22. The lowest BCUT2D eigenvalue weighted by Gasteiger charge is -2.03. The molecule has 0 radical (unpaired) electrons. The van der Waals surface area contributed by atoms with Gasteiger partial charge in [-0.3, -0.25) is 9.59 Å². The second-order valence-electron chi connectivity index (χ2n) is 5.11. The van der Waals surface area contributed by atoms with Crippen LogP contribution in [0.2, 0.25) is 0 Å². The maximum atomic E-state index is 11.9. The first kappa shape index (κ1) is 16.5. The molecule has 0 saturated carbocycles. The second kappa shape index (κ2) is 7.94. The third-order valence-electron chi connectivity index (χ3n) is 3.28. The van der Waals surface area contributed by atoms with Gasteiger partial charge >= 0.3 is 0 Å². The monoisotopic (exact) mass is 310 g/mol. The number of aromatic hydroxyl groups is 1. The van der Waals surface area contributed by atoms with Gasteiger partial charge in [-0.15, -0.1) is 0 Å². The highest BCUT2D eigenvalue weighted by molar-refractivity contribution is 6.06. The fourth-order valence-electron chi connectivity index (χ4n) is 2.13. The van der Waals surface area contributed by atoms with Gasteiger partial charge in [0.05, 0.1) is 13.5 Å². The average molecular weight is 310 g/mol. The summed E-state index contributed by atoms with van der Waals surface area (Å²) in [6.07, 6.45) is 3.10. The van der Waals surface area contributed by atoms with Crippen molar-refractivity contribution in [2.75, 3.05) is 7.11 Å². The Hall–Kier alpha value is -2.88. The Morgan fingerprint density at radius 3 is 2.57 bits per heavy atom. The van der Waals surface area contributed by atoms with Crippen LogP contribution in [0.3, 0.4) is 0 Å². The number of carbonyl (C=O) groups is 2. The highest BCUT2D eigenvalue weighted by Crippen LogP contribution is 2.26. The van der Waals surface area contributed by atoms with Crippen LogP contribution in [0.25, 0.3) is 6.08 Å². The minimum absolute atomic E-state index is 0.0361. The number of ketones is 2. The van der Waals surface area contributed by atoms with E-state index >= 15 is 0 Å². The van der Waals surface area contributed by atoms with E-state index in [0.29, 0.717) is 11.3 Å². The summed E-state index contributed by atoms with van der Waals surface area (Å²) in [5.41, 5.74) is 1.61. The Morgan fingerprint density at radius 1 is 1.13 bits per heavy atom. The van der Waals surface area contributed by atoms with Crippen molar-refractivity contribution < 1.29 is 19.4 Å². The fourth-order valence-corrected chi connectivity index (χ4v) is 2.13. The van der Waals surface area contributed by atoms with Gasteiger partial charge in [-0.05, 0) is 29.3 Å². The molecule has 0 bridgehead atoms. The molecule has 0 heterocycles. The van der Waals surface area contributed by atoms with Crippen molar-refractivity contribution in [3.8, 4) is 11.5 Å². The molecular weight excluding hydrogens is 292 g/mol. The molecule has 2 aromatic carbocycles. The number of phenols is 1. The maximum Gasteiger partial charge on any atom is 0.163 e. The first-order valence-corrected chi connectivity index (χ1v) is 7.22. The molecule has 0 spiro atoms. The number of Topliss-reactive ketones (excluding diaryl/α,β-unsaturated/α-hetero) is 1. The van der Waals surface area contributed by atoms with Crippen molar-refractivity contribution in [3.63, 3.8) is 0 Å². The van der Waals surface area contributed by atoms with Gasteiger partial charge in [0.25, 0.3) is 0 Å². The molecule has 0 atom stereocenters. The minimum atomic E-state index is -0.252. The first-order chi connectivity index (χ1) is 11.1. The van der Waals surface area contributed by atoms with Crippen LogP contribution in [-0.4, -0.2) is 23.8 Å². The normalized spacial score (nSPS) is 10.7. The minimum Gasteiger partial charge on any atom is -0.504 e. The summed E-state index contributed by atoms with van der Waals surface area (Å²) in [5.74, 6) is 0.000813. The summed E-state index contributed by atoms with van der Waals surface area (Å²) >= 11 is 0. The Morgan fingerprint density at radius 2 is 1.87 bits per heavy atom. The summed E-state index contributed by atoms with van der Waals surface area (Å²) < 4.78 is 5.00. The number of allylic oxidation sites excluding steroid dienone is 1. The number of carbonyl (C=O) groups excluding carboxylic acids is 2. The van der Waals surface area contributed by atoms with E-state index in [4.69, 9.17) is 4.74 Å². The van der Waals surface area contributed by atoms with E-state index in [9.17, 15) is 14.7 Å². The molecule has 1 N–H and O–H groups in total. The van der Waals surface area contributed by atoms with E-state index in [1.54, 1.807) is 18.2 Å². The zero-order chi connectivity index (χ0) is 16.7. The average Bonchev–Trinajstić information content (AvgIpc) is 2.55. The number of ether oxygens (including phenoxy) is 1. The Balaban J connectivity index is 1.92. The summed E-state index contributed by atoms with van der Waals surface area (Å²) in [4.78, 5) is 23.7. The molecule has 2 rings (SSSR count). The van der Waals surface area contributed by atoms with E-state index in [-0.39, 0.29) is 30.2 Å². The van der Waals surface area contributed by atoms with Gasteiger partial charge in [0.15, 0.2) is 17.3 Å². The zero-order valence-corrected chi connectivity index (χ0v) is 12.9. The van der Waals surface area contributed by atoms with Crippen molar-refractivity contribution in [1.82, 2.24) is 0 Å². The van der Waals surface area contributed by atoms with Crippen molar-refractivity contribution in [2.45, 2.75) is 12.8 Å². The Bertz CT molecular complexity index is 717. The summed E-state index contributed by atoms with van der Waals surface area (Å²) in [7, 11) is 1.45. The molecule has 0 amide bonds. The van der Waals surface area contributed by atoms with Gasteiger partial charge in [0.1, 0.15) is 5.78 Å². The number of phenolic OH excluding ortho intramolecular Hbond substituents is 1. The highest BCUT2D eigenvalue weighted by Gasteiger charge is 2.08. The second-order valence-corrected chi connectivity index (χ2v) is 5.11. The van der Waals surface area contributed by atoms with Crippen LogP contribution in [0.1, 0.15) is 17.5 Å². The van der Waals surface area contributed by atoms with Gasteiger partial charge in [0, 0.05) is 6.42 Å². The molecule has 4 heteroatoms. The van der Waals surface area contributed by atoms with E-state index < -0.39 is 0 Å². The zero-order valence-electron chi connectivity index (χ0n) is 12.9. The molecule has 118 valence electrons. The predicted molar refractivity (Wildman–Crippen MR) is 88.5 cm³/mol. The predicted octanol–water partition coefficient (Wildman–Crippen LogP) is 3.19. The molecule has 0 aliphatic heterocycles. The van der Waals surface area contributed by atoms with Crippen molar-refractivity contribution in [3.05, 3.63) is 65.7 Å². The Kier molecular flexibility index (Phi) is 5.69. The SMILES string of the molecule is COc1cc(C=CC(=O)CC(=O)Cc2ccccc2)ccc1O. The molecule has 0 aliphatic rings. The fraction of sp³-hybridized carbons (Fsp3) is 0.158. The smallest absolute Gasteiger partial charge is 0.163 e. The third kappa shape index (κ3) is 5.11. The lowest BCUT2D eigenvalue weighted by Crippen LogP contribution is -2.08. The van der Waals surface area contributed by atoms with Gasteiger partial charge in [-0.2, -0.15) is 0 Å². The van der Waals surface area contributed by atoms with Gasteiger partial charge < -0.3 is 9.84 Å². The van der Waals surface area contributed by atoms with Crippen LogP contribution in [0.4, 0.5) is 0 Å². The third-order valence-corrected chi connectivity index (χ3v) is 3.28. The van der Waals surface area contributed by atoms with Crippen LogP contribution in [0.15, 0.2) is 54.6 Å². The molecule has 0 saturated heterocycles. The molecule has 0 fully saturated rings. The Labute approximate surface area is 135 Å². The number of benzene rings is 2. The standard InChI is InChI=1S/C19H18O4/c1-23-19-12-15(8-10-18(19)22)7-9-16(20)13-17(21)11-14-5-3-2-4-6-14/h2-10,12,22H,11,13H2,1H3. The lowest BCUT2D eigenvalue weighted by molar-refractivity contribution is -0.124. The van der Waals surface area contributed by atoms with Crippen molar-refractivity contribution in [2.24, 2.45) is 0 Å². The molecule has 4 nitrogen and oxygen atoms in total. The summed E-state index contributed by atoms with van der Waals surface area (Å²) in [6, 6.07) is 14.1. The lowest BCUT2D eigenvalue weighted by atomic mass is 10.0. The number of hydrogen-bond acceptors (Lipinski definition) is 4. The molecular formula is C19H18O4. The van der Waals surface area contributed by atoms with Crippen molar-refractivity contribution >= 4 is 17.6 Å². The van der Waals surface area contributed by atoms with Crippen molar-refractivity contribution in [1.29, 1.82) is 0 Å². The van der Waals surface area contributed by atoms with Crippen LogP contribution >= 0.6 is 0 Å². The van der Waals surface area contributed by atoms with E-state index in [0.717, 1.165) is 5.56 Å². The van der Waals surface area contributed by atoms with Crippen LogP contribution in [-0.2, 0) is 16.0 Å². The largest absolute Gasteiger partial charge is 0.504 e. The summed E-state index contributed by atoms with van der Waals surface area (Å²) in [6.45, 7) is 0. The molecule has 0 unspecified atom stereocenters. The topological polar surface area (TPSA) is 63.6 Å². The van der Waals surface area contributed by atoms with Gasteiger partial charge in [0.2, 0.25) is 0 Å².